The molecule has 1 aliphatic heterocycles. The molecule has 1 aliphatic carbocycles. The monoisotopic (exact) mass is 486 g/mol. The third kappa shape index (κ3) is 6.19. The van der Waals surface area contributed by atoms with E-state index in [0.29, 0.717) is 26.2 Å². The number of hydrogen-bond donors (Lipinski definition) is 0. The number of likely N-dealkylation sites (tertiary alicyclic amines) is 1. The first-order valence-electron chi connectivity index (χ1n) is 12.6. The lowest BCUT2D eigenvalue weighted by Gasteiger charge is -2.30. The third-order valence-corrected chi connectivity index (χ3v) is 7.48. The molecule has 0 bridgehead atoms. The molecule has 0 N–H and O–H groups in total. The second-order valence-corrected chi connectivity index (χ2v) is 9.81. The lowest BCUT2D eigenvalue weighted by molar-refractivity contribution is -0.136. The Morgan fingerprint density at radius 2 is 1.83 bits per heavy atom. The number of methoxy groups -OCH3 is 2. The summed E-state index contributed by atoms with van der Waals surface area (Å²) < 4.78 is 38.3. The van der Waals surface area contributed by atoms with Crippen LogP contribution in [-0.4, -0.2) is 62.7 Å². The van der Waals surface area contributed by atoms with E-state index in [0.717, 1.165) is 55.6 Å². The Morgan fingerprint density at radius 3 is 2.54 bits per heavy atom. The van der Waals surface area contributed by atoms with E-state index in [4.69, 9.17) is 9.47 Å². The van der Waals surface area contributed by atoms with E-state index in [1.54, 1.807) is 20.3 Å². The van der Waals surface area contributed by atoms with E-state index in [-0.39, 0.29) is 23.7 Å². The Bertz CT molecular complexity index is 996. The van der Waals surface area contributed by atoms with E-state index in [9.17, 15) is 13.6 Å². The zero-order chi connectivity index (χ0) is 24.8. The van der Waals surface area contributed by atoms with Gasteiger partial charge in [-0.15, -0.1) is 0 Å². The zero-order valence-corrected chi connectivity index (χ0v) is 20.7. The minimum Gasteiger partial charge on any atom is -0.496 e. The van der Waals surface area contributed by atoms with Crippen LogP contribution in [0, 0.1) is 23.5 Å². The summed E-state index contributed by atoms with van der Waals surface area (Å²) in [5.74, 6) is -0.153. The molecule has 2 unspecified atom stereocenters. The minimum atomic E-state index is -0.834. The lowest BCUT2D eigenvalue weighted by Crippen LogP contribution is -2.42. The molecule has 4 rings (SSSR count). The molecule has 35 heavy (non-hydrogen) atoms. The molecular formula is C28H36F2N2O3. The van der Waals surface area contributed by atoms with Crippen LogP contribution in [0.1, 0.15) is 42.7 Å². The second-order valence-electron chi connectivity index (χ2n) is 9.81. The van der Waals surface area contributed by atoms with Gasteiger partial charge in [-0.25, -0.2) is 8.78 Å². The minimum absolute atomic E-state index is 0.108. The van der Waals surface area contributed by atoms with Crippen molar-refractivity contribution in [3.8, 4) is 5.75 Å². The van der Waals surface area contributed by atoms with Crippen LogP contribution in [0.3, 0.4) is 0 Å². The van der Waals surface area contributed by atoms with Crippen molar-refractivity contribution >= 4 is 5.91 Å². The number of nitrogens with zero attached hydrogens (tertiary/aromatic N) is 2. The Hall–Kier alpha value is -2.51. The molecule has 1 heterocycles. The molecule has 0 radical (unpaired) electrons. The molecule has 5 nitrogen and oxygen atoms in total. The van der Waals surface area contributed by atoms with Crippen LogP contribution < -0.4 is 4.74 Å². The van der Waals surface area contributed by atoms with Gasteiger partial charge >= 0.3 is 0 Å². The Labute approximate surface area is 207 Å². The maximum Gasteiger partial charge on any atom is 0.225 e. The molecule has 1 saturated carbocycles. The number of benzene rings is 2. The summed E-state index contributed by atoms with van der Waals surface area (Å²) in [5.41, 5.74) is 1.86. The molecule has 7 heteroatoms. The van der Waals surface area contributed by atoms with Crippen LogP contribution in [0.2, 0.25) is 0 Å². The largest absolute Gasteiger partial charge is 0.496 e. The van der Waals surface area contributed by atoms with Gasteiger partial charge in [0.2, 0.25) is 5.91 Å². The van der Waals surface area contributed by atoms with Crippen molar-refractivity contribution in [2.24, 2.45) is 11.8 Å². The molecule has 2 atom stereocenters. The maximum absolute atomic E-state index is 13.8. The zero-order valence-electron chi connectivity index (χ0n) is 20.7. The first-order valence-corrected chi connectivity index (χ1v) is 12.6. The summed E-state index contributed by atoms with van der Waals surface area (Å²) in [6.07, 6.45) is 4.16. The van der Waals surface area contributed by atoms with Crippen molar-refractivity contribution in [1.82, 2.24) is 9.80 Å². The molecule has 0 aromatic heterocycles. The van der Waals surface area contributed by atoms with Crippen LogP contribution >= 0.6 is 0 Å². The van der Waals surface area contributed by atoms with Crippen molar-refractivity contribution in [3.05, 3.63) is 65.2 Å². The summed E-state index contributed by atoms with van der Waals surface area (Å²) in [6, 6.07) is 12.1. The fourth-order valence-electron chi connectivity index (χ4n) is 5.70. The normalized spacial score (nSPS) is 20.9. The topological polar surface area (TPSA) is 42.0 Å². The summed E-state index contributed by atoms with van der Waals surface area (Å²) in [7, 11) is 3.34. The Balaban J connectivity index is 1.57. The fraction of sp³-hybridized carbons (Fsp3) is 0.536. The molecule has 190 valence electrons. The SMILES string of the molecule is COCCN(CC1CN(Cc2ccc(F)c(F)c2)CC1c1ccccc1OC)C(=O)C1CCCC1. The number of carbonyl (C=O) groups is 1. The highest BCUT2D eigenvalue weighted by atomic mass is 19.2. The second kappa shape index (κ2) is 12.0. The highest BCUT2D eigenvalue weighted by molar-refractivity contribution is 5.79. The molecule has 2 aromatic rings. The van der Waals surface area contributed by atoms with Crippen LogP contribution in [0.25, 0.3) is 0 Å². The van der Waals surface area contributed by atoms with Crippen LogP contribution in [0.5, 0.6) is 5.75 Å². The van der Waals surface area contributed by atoms with Gasteiger partial charge in [0.1, 0.15) is 5.75 Å². The predicted molar refractivity (Wildman–Crippen MR) is 131 cm³/mol. The number of amides is 1. The lowest BCUT2D eigenvalue weighted by atomic mass is 9.87. The van der Waals surface area contributed by atoms with Gasteiger partial charge < -0.3 is 14.4 Å². The van der Waals surface area contributed by atoms with Gasteiger partial charge in [-0.2, -0.15) is 0 Å². The number of rotatable bonds is 10. The van der Waals surface area contributed by atoms with Crippen LogP contribution in [0.4, 0.5) is 8.78 Å². The summed E-state index contributed by atoms with van der Waals surface area (Å²) in [6.45, 7) is 3.74. The van der Waals surface area contributed by atoms with Gasteiger partial charge in [-0.3, -0.25) is 9.69 Å². The molecule has 2 aromatic carbocycles. The van der Waals surface area contributed by atoms with Gasteiger partial charge in [-0.05, 0) is 48.1 Å². The van der Waals surface area contributed by atoms with E-state index in [1.807, 2.05) is 23.1 Å². The van der Waals surface area contributed by atoms with Crippen LogP contribution in [-0.2, 0) is 16.1 Å². The first-order chi connectivity index (χ1) is 17.0. The van der Waals surface area contributed by atoms with Gasteiger partial charge in [0, 0.05) is 51.7 Å². The fourth-order valence-corrected chi connectivity index (χ4v) is 5.70. The number of para-hydroxylation sites is 1. The number of halogens is 2. The molecule has 2 fully saturated rings. The standard InChI is InChI=1S/C28H36F2N2O3/c1-34-14-13-32(28(33)21-7-3-4-8-21)18-22-17-31(16-20-11-12-25(29)26(30)15-20)19-24(22)23-9-5-6-10-27(23)35-2/h5-6,9-12,15,21-22,24H,3-4,7-8,13-14,16-19H2,1-2H3. The highest BCUT2D eigenvalue weighted by Gasteiger charge is 2.38. The molecular weight excluding hydrogens is 450 g/mol. The molecule has 2 aliphatic rings. The quantitative estimate of drug-likeness (QED) is 0.481. The van der Waals surface area contributed by atoms with Gasteiger partial charge in [0.15, 0.2) is 11.6 Å². The number of hydrogen-bond acceptors (Lipinski definition) is 4. The summed E-state index contributed by atoms with van der Waals surface area (Å²) in [4.78, 5) is 17.7. The van der Waals surface area contributed by atoms with E-state index in [2.05, 4.69) is 11.0 Å². The van der Waals surface area contributed by atoms with Crippen molar-refractivity contribution in [2.45, 2.75) is 38.1 Å². The summed E-state index contributed by atoms with van der Waals surface area (Å²) >= 11 is 0. The average molecular weight is 487 g/mol. The van der Waals surface area contributed by atoms with E-state index >= 15 is 0 Å². The van der Waals surface area contributed by atoms with E-state index < -0.39 is 11.6 Å². The van der Waals surface area contributed by atoms with Crippen molar-refractivity contribution in [2.75, 3.05) is 47.0 Å². The van der Waals surface area contributed by atoms with Gasteiger partial charge in [-0.1, -0.05) is 37.1 Å². The van der Waals surface area contributed by atoms with Crippen molar-refractivity contribution in [3.63, 3.8) is 0 Å². The van der Waals surface area contributed by atoms with Crippen molar-refractivity contribution < 1.29 is 23.0 Å². The molecule has 0 spiro atoms. The van der Waals surface area contributed by atoms with Crippen molar-refractivity contribution in [1.29, 1.82) is 0 Å². The Morgan fingerprint density at radius 1 is 1.06 bits per heavy atom. The molecule has 1 amide bonds. The smallest absolute Gasteiger partial charge is 0.225 e. The average Bonchev–Trinajstić information content (AvgIpc) is 3.54. The number of ether oxygens (including phenoxy) is 2. The summed E-state index contributed by atoms with van der Waals surface area (Å²) in [5, 5.41) is 0. The highest BCUT2D eigenvalue weighted by Crippen LogP contribution is 2.39. The number of carbonyl (C=O) groups excluding carboxylic acids is 1. The maximum atomic E-state index is 13.8. The Kier molecular flexibility index (Phi) is 8.74. The third-order valence-electron chi connectivity index (χ3n) is 7.48. The predicted octanol–water partition coefficient (Wildman–Crippen LogP) is 4.85. The van der Waals surface area contributed by atoms with Gasteiger partial charge in [0.05, 0.1) is 13.7 Å². The van der Waals surface area contributed by atoms with Crippen LogP contribution in [0.15, 0.2) is 42.5 Å². The van der Waals surface area contributed by atoms with Gasteiger partial charge in [0.25, 0.3) is 0 Å². The first kappa shape index (κ1) is 25.6. The van der Waals surface area contributed by atoms with E-state index in [1.165, 1.54) is 12.1 Å². The molecule has 1 saturated heterocycles.